The van der Waals surface area contributed by atoms with Gasteiger partial charge in [0.15, 0.2) is 17.4 Å². The van der Waals surface area contributed by atoms with Crippen LogP contribution in [-0.2, 0) is 0 Å². The van der Waals surface area contributed by atoms with E-state index in [0.29, 0.717) is 5.56 Å². The maximum Gasteiger partial charge on any atom is 0.335 e. The molecule has 0 radical (unpaired) electrons. The Morgan fingerprint density at radius 3 is 2.33 bits per heavy atom. The number of carboxylic acid groups (broad SMARTS) is 1. The van der Waals surface area contributed by atoms with Crippen molar-refractivity contribution in [1.29, 1.82) is 5.26 Å². The van der Waals surface area contributed by atoms with Gasteiger partial charge in [-0.05, 0) is 42.8 Å². The molecule has 0 bridgehead atoms. The molecule has 0 heterocycles. The number of aryl methyl sites for hydroxylation is 1. The summed E-state index contributed by atoms with van der Waals surface area (Å²) < 4.78 is 32.5. The highest BCUT2D eigenvalue weighted by Gasteiger charge is 2.15. The summed E-state index contributed by atoms with van der Waals surface area (Å²) in [6.07, 6.45) is 0. The van der Waals surface area contributed by atoms with E-state index in [4.69, 9.17) is 15.1 Å². The molecule has 4 nitrogen and oxygen atoms in total. The third-order valence-electron chi connectivity index (χ3n) is 2.78. The van der Waals surface area contributed by atoms with Gasteiger partial charge in [-0.3, -0.25) is 0 Å². The summed E-state index contributed by atoms with van der Waals surface area (Å²) in [6.45, 7) is 1.54. The van der Waals surface area contributed by atoms with E-state index in [1.165, 1.54) is 18.2 Å². The number of carbonyl (C=O) groups is 1. The molecule has 0 amide bonds. The molecule has 0 aliphatic rings. The second kappa shape index (κ2) is 5.59. The molecule has 0 aliphatic carbocycles. The minimum atomic E-state index is -1.10. The topological polar surface area (TPSA) is 70.3 Å². The monoisotopic (exact) mass is 289 g/mol. The molecule has 0 spiro atoms. The van der Waals surface area contributed by atoms with Crippen molar-refractivity contribution in [2.45, 2.75) is 6.92 Å². The highest BCUT2D eigenvalue weighted by Crippen LogP contribution is 2.29. The van der Waals surface area contributed by atoms with Gasteiger partial charge in [0.25, 0.3) is 0 Å². The summed E-state index contributed by atoms with van der Waals surface area (Å²) in [4.78, 5) is 10.9. The van der Waals surface area contributed by atoms with Gasteiger partial charge in [0.2, 0.25) is 0 Å². The van der Waals surface area contributed by atoms with Crippen LogP contribution >= 0.6 is 0 Å². The van der Waals surface area contributed by atoms with E-state index in [1.807, 2.05) is 0 Å². The molecule has 2 rings (SSSR count). The Morgan fingerprint density at radius 1 is 1.24 bits per heavy atom. The number of hydrogen-bond donors (Lipinski definition) is 1. The van der Waals surface area contributed by atoms with Crippen LogP contribution in [0, 0.1) is 29.9 Å². The average Bonchev–Trinajstić information content (AvgIpc) is 2.42. The molecule has 0 fully saturated rings. The number of nitrogens with zero attached hydrogens (tertiary/aromatic N) is 1. The molecule has 0 aliphatic heterocycles. The number of nitriles is 1. The number of rotatable bonds is 3. The molecule has 21 heavy (non-hydrogen) atoms. The Kier molecular flexibility index (Phi) is 3.85. The first-order valence-electron chi connectivity index (χ1n) is 5.83. The molecule has 0 aromatic heterocycles. The number of halogens is 2. The first-order valence-corrected chi connectivity index (χ1v) is 5.83. The normalized spacial score (nSPS) is 10.0. The molecular formula is C15H9F2NO3. The second-order valence-electron chi connectivity index (χ2n) is 4.26. The fraction of sp³-hybridized carbons (Fsp3) is 0.0667. The van der Waals surface area contributed by atoms with Crippen LogP contribution in [0.25, 0.3) is 0 Å². The SMILES string of the molecule is Cc1cc(Oc2c(F)cc(C#N)cc2F)ccc1C(=O)O. The zero-order valence-corrected chi connectivity index (χ0v) is 10.9. The van der Waals surface area contributed by atoms with Crippen LogP contribution in [0.15, 0.2) is 30.3 Å². The molecule has 106 valence electrons. The zero-order valence-electron chi connectivity index (χ0n) is 10.9. The van der Waals surface area contributed by atoms with E-state index in [0.717, 1.165) is 12.1 Å². The first kappa shape index (κ1) is 14.5. The lowest BCUT2D eigenvalue weighted by Gasteiger charge is -2.10. The summed E-state index contributed by atoms with van der Waals surface area (Å²) in [5.41, 5.74) is 0.312. The maximum absolute atomic E-state index is 13.7. The Balaban J connectivity index is 2.37. The van der Waals surface area contributed by atoms with Crippen molar-refractivity contribution in [3.63, 3.8) is 0 Å². The third-order valence-corrected chi connectivity index (χ3v) is 2.78. The Morgan fingerprint density at radius 2 is 1.86 bits per heavy atom. The smallest absolute Gasteiger partial charge is 0.335 e. The van der Waals surface area contributed by atoms with Gasteiger partial charge >= 0.3 is 5.97 Å². The number of benzene rings is 2. The van der Waals surface area contributed by atoms with E-state index in [1.54, 1.807) is 13.0 Å². The minimum absolute atomic E-state index is 0.0723. The highest BCUT2D eigenvalue weighted by atomic mass is 19.1. The van der Waals surface area contributed by atoms with Crippen LogP contribution in [0.1, 0.15) is 21.5 Å². The fourth-order valence-corrected chi connectivity index (χ4v) is 1.78. The summed E-state index contributed by atoms with van der Waals surface area (Å²) in [5, 5.41) is 17.5. The second-order valence-corrected chi connectivity index (χ2v) is 4.26. The van der Waals surface area contributed by atoms with Crippen molar-refractivity contribution < 1.29 is 23.4 Å². The lowest BCUT2D eigenvalue weighted by molar-refractivity contribution is 0.0696. The minimum Gasteiger partial charge on any atom is -0.478 e. The van der Waals surface area contributed by atoms with Crippen LogP contribution < -0.4 is 4.74 Å². The standard InChI is InChI=1S/C15H9F2NO3/c1-8-4-10(2-3-11(8)15(19)20)21-14-12(16)5-9(7-18)6-13(14)17/h2-6H,1H3,(H,19,20). The molecular weight excluding hydrogens is 280 g/mol. The molecule has 0 saturated carbocycles. The predicted octanol–water partition coefficient (Wildman–Crippen LogP) is 3.64. The summed E-state index contributed by atoms with van der Waals surface area (Å²) in [6, 6.07) is 7.29. The maximum atomic E-state index is 13.7. The van der Waals surface area contributed by atoms with Crippen molar-refractivity contribution >= 4 is 5.97 Å². The van der Waals surface area contributed by atoms with Gasteiger partial charge in [-0.15, -0.1) is 0 Å². The van der Waals surface area contributed by atoms with Gasteiger partial charge in [0.1, 0.15) is 5.75 Å². The van der Waals surface area contributed by atoms with Crippen LogP contribution in [0.4, 0.5) is 8.78 Å². The van der Waals surface area contributed by atoms with E-state index in [-0.39, 0.29) is 16.9 Å². The number of carboxylic acids is 1. The van der Waals surface area contributed by atoms with E-state index in [2.05, 4.69) is 0 Å². The molecule has 0 atom stereocenters. The predicted molar refractivity (Wildman–Crippen MR) is 69.3 cm³/mol. The van der Waals surface area contributed by atoms with Crippen LogP contribution in [-0.4, -0.2) is 11.1 Å². The summed E-state index contributed by atoms with van der Waals surface area (Å²) in [5.74, 6) is -3.66. The number of hydrogen-bond acceptors (Lipinski definition) is 3. The average molecular weight is 289 g/mol. The molecule has 1 N–H and O–H groups in total. The van der Waals surface area contributed by atoms with Gasteiger partial charge < -0.3 is 9.84 Å². The Bertz CT molecular complexity index is 743. The Labute approximate surface area is 118 Å². The lowest BCUT2D eigenvalue weighted by Crippen LogP contribution is -2.00. The zero-order chi connectivity index (χ0) is 15.6. The largest absolute Gasteiger partial charge is 0.478 e. The van der Waals surface area contributed by atoms with Gasteiger partial charge in [-0.2, -0.15) is 5.26 Å². The molecule has 0 unspecified atom stereocenters. The molecule has 2 aromatic carbocycles. The van der Waals surface area contributed by atoms with Crippen molar-refractivity contribution in [2.75, 3.05) is 0 Å². The third kappa shape index (κ3) is 2.98. The summed E-state index contributed by atoms with van der Waals surface area (Å²) >= 11 is 0. The van der Waals surface area contributed by atoms with Gasteiger partial charge in [0.05, 0.1) is 17.2 Å². The quantitative estimate of drug-likeness (QED) is 0.936. The molecule has 6 heteroatoms. The molecule has 2 aromatic rings. The van der Waals surface area contributed by atoms with Crippen molar-refractivity contribution in [2.24, 2.45) is 0 Å². The molecule has 0 saturated heterocycles. The van der Waals surface area contributed by atoms with Crippen molar-refractivity contribution in [3.8, 4) is 17.6 Å². The van der Waals surface area contributed by atoms with E-state index >= 15 is 0 Å². The van der Waals surface area contributed by atoms with Crippen LogP contribution in [0.2, 0.25) is 0 Å². The van der Waals surface area contributed by atoms with Gasteiger partial charge in [-0.1, -0.05) is 0 Å². The van der Waals surface area contributed by atoms with Crippen molar-refractivity contribution in [3.05, 3.63) is 58.7 Å². The number of aromatic carboxylic acids is 1. The number of ether oxygens (including phenoxy) is 1. The van der Waals surface area contributed by atoms with Gasteiger partial charge in [-0.25, -0.2) is 13.6 Å². The Hall–Kier alpha value is -2.94. The van der Waals surface area contributed by atoms with Crippen molar-refractivity contribution in [1.82, 2.24) is 0 Å². The van der Waals surface area contributed by atoms with Crippen LogP contribution in [0.3, 0.4) is 0 Å². The van der Waals surface area contributed by atoms with E-state index in [9.17, 15) is 13.6 Å². The van der Waals surface area contributed by atoms with Gasteiger partial charge in [0, 0.05) is 0 Å². The summed E-state index contributed by atoms with van der Waals surface area (Å²) in [7, 11) is 0. The van der Waals surface area contributed by atoms with Crippen LogP contribution in [0.5, 0.6) is 11.5 Å². The fourth-order valence-electron chi connectivity index (χ4n) is 1.78. The van der Waals surface area contributed by atoms with E-state index < -0.39 is 23.4 Å². The highest BCUT2D eigenvalue weighted by molar-refractivity contribution is 5.89. The lowest BCUT2D eigenvalue weighted by atomic mass is 10.1. The first-order chi connectivity index (χ1) is 9.92.